The Hall–Kier alpha value is -1.03. The van der Waals surface area contributed by atoms with Gasteiger partial charge in [-0.3, -0.25) is 10.3 Å². The first-order chi connectivity index (χ1) is 4.72. The fourth-order valence-corrected chi connectivity index (χ4v) is 0.364. The lowest BCUT2D eigenvalue weighted by Gasteiger charge is -2.08. The smallest absolute Gasteiger partial charge is 0.337 e. The Morgan fingerprint density at radius 2 is 2.40 bits per heavy atom. The Morgan fingerprint density at radius 3 is 2.80 bits per heavy atom. The van der Waals surface area contributed by atoms with Crippen molar-refractivity contribution in [2.24, 2.45) is 0 Å². The van der Waals surface area contributed by atoms with Crippen molar-refractivity contribution in [1.82, 2.24) is 5.48 Å². The van der Waals surface area contributed by atoms with E-state index in [0.717, 1.165) is 0 Å². The molecule has 0 aliphatic heterocycles. The summed E-state index contributed by atoms with van der Waals surface area (Å²) in [5, 5.41) is 0. The molecule has 0 rings (SSSR count). The van der Waals surface area contributed by atoms with Crippen molar-refractivity contribution in [1.29, 1.82) is 0 Å². The van der Waals surface area contributed by atoms with Crippen molar-refractivity contribution in [3.05, 3.63) is 12.8 Å². The summed E-state index contributed by atoms with van der Waals surface area (Å²) in [6.45, 7) is 4.90. The van der Waals surface area contributed by atoms with E-state index in [1.165, 1.54) is 13.3 Å². The molecule has 0 aromatic heterocycles. The zero-order chi connectivity index (χ0) is 7.98. The summed E-state index contributed by atoms with van der Waals surface area (Å²) in [4.78, 5) is 15.3. The summed E-state index contributed by atoms with van der Waals surface area (Å²) in [6, 6.07) is 0. The lowest BCUT2D eigenvalue weighted by molar-refractivity contribution is -0.156. The summed E-state index contributed by atoms with van der Waals surface area (Å²) < 4.78 is 4.37. The van der Waals surface area contributed by atoms with Crippen LogP contribution in [-0.4, -0.2) is 19.2 Å². The van der Waals surface area contributed by atoms with Crippen molar-refractivity contribution >= 4 is 5.97 Å². The molecule has 1 N–H and O–H groups in total. The van der Waals surface area contributed by atoms with E-state index in [2.05, 4.69) is 16.8 Å². The van der Waals surface area contributed by atoms with Crippen LogP contribution in [0.25, 0.3) is 0 Å². The summed E-state index contributed by atoms with van der Waals surface area (Å²) in [5.41, 5.74) is 2.33. The molecule has 0 radical (unpaired) electrons. The van der Waals surface area contributed by atoms with Crippen LogP contribution in [0.1, 0.15) is 6.92 Å². The van der Waals surface area contributed by atoms with E-state index in [9.17, 15) is 4.79 Å². The van der Waals surface area contributed by atoms with Crippen LogP contribution in [0.2, 0.25) is 0 Å². The SMILES string of the molecule is C=CNOC(C)C(=O)OC. The molecule has 0 aliphatic rings. The lowest BCUT2D eigenvalue weighted by atomic mass is 10.4. The molecule has 0 aromatic rings. The largest absolute Gasteiger partial charge is 0.467 e. The maximum atomic E-state index is 10.6. The number of nitrogens with one attached hydrogen (secondary N) is 1. The van der Waals surface area contributed by atoms with Crippen LogP contribution < -0.4 is 5.48 Å². The molecule has 0 saturated carbocycles. The molecule has 1 atom stereocenters. The van der Waals surface area contributed by atoms with Gasteiger partial charge in [0.25, 0.3) is 0 Å². The van der Waals surface area contributed by atoms with Crippen molar-refractivity contribution in [2.45, 2.75) is 13.0 Å². The second-order valence-corrected chi connectivity index (χ2v) is 1.61. The molecule has 0 aromatic carbocycles. The van der Waals surface area contributed by atoms with E-state index in [0.29, 0.717) is 0 Å². The number of carbonyl (C=O) groups is 1. The molecule has 4 heteroatoms. The van der Waals surface area contributed by atoms with Crippen molar-refractivity contribution in [3.63, 3.8) is 0 Å². The standard InChI is InChI=1S/C6H11NO3/c1-4-7-10-5(2)6(8)9-3/h4-5,7H,1H2,2-3H3. The quantitative estimate of drug-likeness (QED) is 0.454. The molecular formula is C6H11NO3. The van der Waals surface area contributed by atoms with Crippen LogP contribution in [0, 0.1) is 0 Å². The predicted octanol–water partition coefficient (Wildman–Crippen LogP) is 0.213. The maximum absolute atomic E-state index is 10.6. The van der Waals surface area contributed by atoms with Crippen molar-refractivity contribution < 1.29 is 14.4 Å². The second kappa shape index (κ2) is 4.81. The number of ether oxygens (including phenoxy) is 1. The van der Waals surface area contributed by atoms with E-state index >= 15 is 0 Å². The molecule has 0 fully saturated rings. The number of esters is 1. The van der Waals surface area contributed by atoms with Gasteiger partial charge in [-0.2, -0.15) is 0 Å². The van der Waals surface area contributed by atoms with Gasteiger partial charge in [0.1, 0.15) is 0 Å². The topological polar surface area (TPSA) is 47.6 Å². The van der Waals surface area contributed by atoms with E-state index in [1.807, 2.05) is 0 Å². The molecule has 1 unspecified atom stereocenters. The molecular weight excluding hydrogens is 134 g/mol. The van der Waals surface area contributed by atoms with Crippen LogP contribution in [-0.2, 0) is 14.4 Å². The van der Waals surface area contributed by atoms with Crippen molar-refractivity contribution in [2.75, 3.05) is 7.11 Å². The highest BCUT2D eigenvalue weighted by Crippen LogP contribution is 1.89. The van der Waals surface area contributed by atoms with Gasteiger partial charge in [-0.05, 0) is 6.92 Å². The third kappa shape index (κ3) is 3.09. The van der Waals surface area contributed by atoms with E-state index in [-0.39, 0.29) is 0 Å². The Bertz CT molecular complexity index is 124. The zero-order valence-corrected chi connectivity index (χ0v) is 6.09. The summed E-state index contributed by atoms with van der Waals surface area (Å²) in [7, 11) is 1.30. The second-order valence-electron chi connectivity index (χ2n) is 1.61. The number of hydrogen-bond donors (Lipinski definition) is 1. The van der Waals surface area contributed by atoms with Gasteiger partial charge in [-0.1, -0.05) is 6.58 Å². The Morgan fingerprint density at radius 1 is 1.80 bits per heavy atom. The summed E-state index contributed by atoms with van der Waals surface area (Å²) in [6.07, 6.45) is 0.724. The van der Waals surface area contributed by atoms with Crippen LogP contribution in [0.3, 0.4) is 0 Å². The molecule has 10 heavy (non-hydrogen) atoms. The van der Waals surface area contributed by atoms with Crippen LogP contribution in [0.4, 0.5) is 0 Å². The number of carbonyl (C=O) groups excluding carboxylic acids is 1. The third-order valence-electron chi connectivity index (χ3n) is 0.861. The lowest BCUT2D eigenvalue weighted by Crippen LogP contribution is -2.26. The number of hydroxylamine groups is 1. The first kappa shape index (κ1) is 8.97. The van der Waals surface area contributed by atoms with Gasteiger partial charge in [0.05, 0.1) is 7.11 Å². The van der Waals surface area contributed by atoms with Gasteiger partial charge in [0.15, 0.2) is 6.10 Å². The van der Waals surface area contributed by atoms with Gasteiger partial charge >= 0.3 is 5.97 Å². The van der Waals surface area contributed by atoms with Gasteiger partial charge < -0.3 is 4.74 Å². The maximum Gasteiger partial charge on any atom is 0.337 e. The summed E-state index contributed by atoms with van der Waals surface area (Å²) in [5.74, 6) is -0.422. The van der Waals surface area contributed by atoms with E-state index < -0.39 is 12.1 Å². The fraction of sp³-hybridized carbons (Fsp3) is 0.500. The minimum absolute atomic E-state index is 0.422. The fourth-order valence-electron chi connectivity index (χ4n) is 0.364. The Labute approximate surface area is 59.8 Å². The van der Waals surface area contributed by atoms with E-state index in [4.69, 9.17) is 4.84 Å². The number of rotatable bonds is 4. The monoisotopic (exact) mass is 145 g/mol. The minimum atomic E-state index is -0.608. The minimum Gasteiger partial charge on any atom is -0.467 e. The zero-order valence-electron chi connectivity index (χ0n) is 6.09. The molecule has 0 heterocycles. The highest BCUT2D eigenvalue weighted by atomic mass is 16.7. The number of methoxy groups -OCH3 is 1. The molecule has 0 aliphatic carbocycles. The van der Waals surface area contributed by atoms with Crippen LogP contribution >= 0.6 is 0 Å². The van der Waals surface area contributed by atoms with Gasteiger partial charge in [0.2, 0.25) is 0 Å². The first-order valence-corrected chi connectivity index (χ1v) is 2.82. The molecule has 58 valence electrons. The van der Waals surface area contributed by atoms with Gasteiger partial charge in [-0.15, -0.1) is 0 Å². The predicted molar refractivity (Wildman–Crippen MR) is 35.9 cm³/mol. The van der Waals surface area contributed by atoms with E-state index in [1.54, 1.807) is 6.92 Å². The third-order valence-corrected chi connectivity index (χ3v) is 0.861. The highest BCUT2D eigenvalue weighted by molar-refractivity contribution is 5.73. The average molecular weight is 145 g/mol. The highest BCUT2D eigenvalue weighted by Gasteiger charge is 2.12. The molecule has 4 nitrogen and oxygen atoms in total. The molecule has 0 amide bonds. The Balaban J connectivity index is 3.50. The molecule has 0 saturated heterocycles. The van der Waals surface area contributed by atoms with Gasteiger partial charge in [-0.25, -0.2) is 4.79 Å². The Kier molecular flexibility index (Phi) is 4.32. The summed E-state index contributed by atoms with van der Waals surface area (Å²) >= 11 is 0. The van der Waals surface area contributed by atoms with Crippen molar-refractivity contribution in [3.8, 4) is 0 Å². The molecule has 0 bridgehead atoms. The normalized spacial score (nSPS) is 11.8. The number of hydrogen-bond acceptors (Lipinski definition) is 4. The van der Waals surface area contributed by atoms with Crippen LogP contribution in [0.15, 0.2) is 12.8 Å². The first-order valence-electron chi connectivity index (χ1n) is 2.82. The average Bonchev–Trinajstić information content (AvgIpc) is 1.98. The van der Waals surface area contributed by atoms with Gasteiger partial charge in [0, 0.05) is 6.20 Å². The van der Waals surface area contributed by atoms with Crippen LogP contribution in [0.5, 0.6) is 0 Å². The molecule has 0 spiro atoms.